The Morgan fingerprint density at radius 1 is 0.905 bits per heavy atom. The van der Waals surface area contributed by atoms with Gasteiger partial charge in [0.05, 0.1) is 0 Å². The van der Waals surface area contributed by atoms with Crippen LogP contribution in [0.2, 0.25) is 0 Å². The Labute approximate surface area is 127 Å². The average Bonchev–Trinajstić information content (AvgIpc) is 2.53. The lowest BCUT2D eigenvalue weighted by molar-refractivity contribution is 0.578. The molecule has 0 bridgehead atoms. The van der Waals surface area contributed by atoms with Crippen molar-refractivity contribution in [3.8, 4) is 0 Å². The quantitative estimate of drug-likeness (QED) is 0.855. The molecule has 0 amide bonds. The Morgan fingerprint density at radius 3 is 2.24 bits per heavy atom. The molecule has 0 unspecified atom stereocenters. The standard InChI is InChI=1S/C19H24N2/c1-15-13-17(7-10-19(15)20)14-16-5-8-18(9-6-16)21-11-3-2-4-12-21/h5-10,13H,2-4,11-12,14,20H2,1H3. The summed E-state index contributed by atoms with van der Waals surface area (Å²) >= 11 is 0. The summed E-state index contributed by atoms with van der Waals surface area (Å²) in [5.74, 6) is 0. The van der Waals surface area contributed by atoms with Gasteiger partial charge in [-0.1, -0.05) is 24.3 Å². The van der Waals surface area contributed by atoms with Crippen LogP contribution in [0, 0.1) is 6.92 Å². The Balaban J connectivity index is 1.70. The van der Waals surface area contributed by atoms with Crippen LogP contribution < -0.4 is 10.6 Å². The van der Waals surface area contributed by atoms with E-state index in [4.69, 9.17) is 5.73 Å². The number of nitrogens with two attached hydrogens (primary N) is 1. The Hall–Kier alpha value is -1.96. The van der Waals surface area contributed by atoms with Crippen LogP contribution in [0.3, 0.4) is 0 Å². The predicted octanol–water partition coefficient (Wildman–Crippen LogP) is 4.16. The van der Waals surface area contributed by atoms with Crippen molar-refractivity contribution in [2.45, 2.75) is 32.6 Å². The van der Waals surface area contributed by atoms with Crippen LogP contribution in [0.15, 0.2) is 42.5 Å². The van der Waals surface area contributed by atoms with Crippen LogP contribution in [0.4, 0.5) is 11.4 Å². The molecule has 1 saturated heterocycles. The van der Waals surface area contributed by atoms with Crippen LogP contribution in [0.25, 0.3) is 0 Å². The molecule has 0 aromatic heterocycles. The lowest BCUT2D eigenvalue weighted by atomic mass is 10.0. The number of hydrogen-bond donors (Lipinski definition) is 1. The molecule has 110 valence electrons. The maximum Gasteiger partial charge on any atom is 0.0366 e. The third kappa shape index (κ3) is 3.38. The molecule has 0 saturated carbocycles. The first-order valence-corrected chi connectivity index (χ1v) is 7.91. The summed E-state index contributed by atoms with van der Waals surface area (Å²) in [7, 11) is 0. The van der Waals surface area contributed by atoms with Crippen LogP contribution in [-0.2, 0) is 6.42 Å². The highest BCUT2D eigenvalue weighted by Gasteiger charge is 2.10. The highest BCUT2D eigenvalue weighted by atomic mass is 15.1. The lowest BCUT2D eigenvalue weighted by Crippen LogP contribution is -2.29. The van der Waals surface area contributed by atoms with Gasteiger partial charge in [0.15, 0.2) is 0 Å². The second-order valence-corrected chi connectivity index (χ2v) is 6.08. The van der Waals surface area contributed by atoms with E-state index in [9.17, 15) is 0 Å². The minimum Gasteiger partial charge on any atom is -0.399 e. The molecular weight excluding hydrogens is 256 g/mol. The first kappa shape index (κ1) is 14.0. The zero-order valence-electron chi connectivity index (χ0n) is 12.8. The number of aryl methyl sites for hydroxylation is 1. The number of benzene rings is 2. The van der Waals surface area contributed by atoms with Crippen LogP contribution in [0.5, 0.6) is 0 Å². The number of nitrogens with zero attached hydrogens (tertiary/aromatic N) is 1. The number of nitrogen functional groups attached to an aromatic ring is 1. The van der Waals surface area contributed by atoms with E-state index in [1.54, 1.807) is 0 Å². The maximum absolute atomic E-state index is 5.88. The Morgan fingerprint density at radius 2 is 1.57 bits per heavy atom. The van der Waals surface area contributed by atoms with Crippen molar-refractivity contribution < 1.29 is 0 Å². The first-order valence-electron chi connectivity index (χ1n) is 7.91. The summed E-state index contributed by atoms with van der Waals surface area (Å²) < 4.78 is 0. The summed E-state index contributed by atoms with van der Waals surface area (Å²) in [6.07, 6.45) is 5.01. The monoisotopic (exact) mass is 280 g/mol. The summed E-state index contributed by atoms with van der Waals surface area (Å²) in [5, 5.41) is 0. The van der Waals surface area contributed by atoms with Crippen LogP contribution in [0.1, 0.15) is 36.0 Å². The van der Waals surface area contributed by atoms with E-state index in [-0.39, 0.29) is 0 Å². The van der Waals surface area contributed by atoms with Crippen molar-refractivity contribution in [1.82, 2.24) is 0 Å². The normalized spacial score (nSPS) is 15.2. The molecule has 2 heteroatoms. The summed E-state index contributed by atoms with van der Waals surface area (Å²) in [4.78, 5) is 2.50. The lowest BCUT2D eigenvalue weighted by Gasteiger charge is -2.28. The zero-order chi connectivity index (χ0) is 14.7. The SMILES string of the molecule is Cc1cc(Cc2ccc(N3CCCCC3)cc2)ccc1N. The number of hydrogen-bond acceptors (Lipinski definition) is 2. The van der Waals surface area contributed by atoms with Gasteiger partial charge in [-0.3, -0.25) is 0 Å². The van der Waals surface area contributed by atoms with Crippen molar-refractivity contribution in [3.05, 3.63) is 59.2 Å². The number of piperidine rings is 1. The zero-order valence-corrected chi connectivity index (χ0v) is 12.8. The largest absolute Gasteiger partial charge is 0.399 e. The van der Waals surface area contributed by atoms with Crippen molar-refractivity contribution in [3.63, 3.8) is 0 Å². The molecule has 1 heterocycles. The average molecular weight is 280 g/mol. The molecule has 1 fully saturated rings. The second-order valence-electron chi connectivity index (χ2n) is 6.08. The summed E-state index contributed by atoms with van der Waals surface area (Å²) in [6, 6.07) is 15.4. The van der Waals surface area contributed by atoms with E-state index < -0.39 is 0 Å². The van der Waals surface area contributed by atoms with Gasteiger partial charge in [-0.25, -0.2) is 0 Å². The van der Waals surface area contributed by atoms with Crippen LogP contribution >= 0.6 is 0 Å². The molecule has 2 N–H and O–H groups in total. The van der Waals surface area contributed by atoms with E-state index in [0.29, 0.717) is 0 Å². The molecule has 0 spiro atoms. The van der Waals surface area contributed by atoms with E-state index >= 15 is 0 Å². The molecule has 2 nitrogen and oxygen atoms in total. The molecule has 0 atom stereocenters. The van der Waals surface area contributed by atoms with Gasteiger partial charge in [-0.05, 0) is 67.5 Å². The predicted molar refractivity (Wildman–Crippen MR) is 90.9 cm³/mol. The fourth-order valence-corrected chi connectivity index (χ4v) is 3.06. The fourth-order valence-electron chi connectivity index (χ4n) is 3.06. The Bertz CT molecular complexity index is 595. The van der Waals surface area contributed by atoms with E-state index in [2.05, 4.69) is 48.2 Å². The molecule has 1 aliphatic rings. The maximum atomic E-state index is 5.88. The fraction of sp³-hybridized carbons (Fsp3) is 0.368. The summed E-state index contributed by atoms with van der Waals surface area (Å²) in [5.41, 5.74) is 12.0. The number of rotatable bonds is 3. The minimum atomic E-state index is 0.874. The highest BCUT2D eigenvalue weighted by Crippen LogP contribution is 2.22. The van der Waals surface area contributed by atoms with Gasteiger partial charge in [0.25, 0.3) is 0 Å². The van der Waals surface area contributed by atoms with Crippen molar-refractivity contribution >= 4 is 11.4 Å². The Kier molecular flexibility index (Phi) is 4.14. The number of anilines is 2. The molecule has 0 aliphatic carbocycles. The topological polar surface area (TPSA) is 29.3 Å². The molecular formula is C19H24N2. The van der Waals surface area contributed by atoms with Gasteiger partial charge < -0.3 is 10.6 Å². The van der Waals surface area contributed by atoms with Crippen LogP contribution in [-0.4, -0.2) is 13.1 Å². The van der Waals surface area contributed by atoms with Crippen molar-refractivity contribution in [2.75, 3.05) is 23.7 Å². The third-order valence-electron chi connectivity index (χ3n) is 4.40. The molecule has 0 radical (unpaired) electrons. The molecule has 1 aliphatic heterocycles. The molecule has 2 aromatic carbocycles. The van der Waals surface area contributed by atoms with E-state index in [0.717, 1.165) is 17.7 Å². The van der Waals surface area contributed by atoms with Crippen molar-refractivity contribution in [2.24, 2.45) is 0 Å². The molecule has 21 heavy (non-hydrogen) atoms. The van der Waals surface area contributed by atoms with Gasteiger partial charge in [0.2, 0.25) is 0 Å². The van der Waals surface area contributed by atoms with Gasteiger partial charge in [-0.2, -0.15) is 0 Å². The highest BCUT2D eigenvalue weighted by molar-refractivity contribution is 5.50. The summed E-state index contributed by atoms with van der Waals surface area (Å²) in [6.45, 7) is 4.48. The van der Waals surface area contributed by atoms with Gasteiger partial charge in [-0.15, -0.1) is 0 Å². The molecule has 2 aromatic rings. The van der Waals surface area contributed by atoms with Gasteiger partial charge >= 0.3 is 0 Å². The second kappa shape index (κ2) is 6.21. The smallest absolute Gasteiger partial charge is 0.0366 e. The molecule has 3 rings (SSSR count). The van der Waals surface area contributed by atoms with E-state index in [1.165, 1.54) is 49.2 Å². The first-order chi connectivity index (χ1) is 10.2. The third-order valence-corrected chi connectivity index (χ3v) is 4.40. The van der Waals surface area contributed by atoms with Gasteiger partial charge in [0.1, 0.15) is 0 Å². The van der Waals surface area contributed by atoms with Gasteiger partial charge in [0, 0.05) is 24.5 Å². The minimum absolute atomic E-state index is 0.874. The van der Waals surface area contributed by atoms with Crippen molar-refractivity contribution in [1.29, 1.82) is 0 Å². The van der Waals surface area contributed by atoms with E-state index in [1.807, 2.05) is 6.07 Å².